The molecule has 70 heavy (non-hydrogen) atoms. The molecule has 0 radical (unpaired) electrons. The number of rotatable bonds is 5. The second-order valence-electron chi connectivity index (χ2n) is 16.9. The third-order valence-electron chi connectivity index (χ3n) is 12.3. The molecule has 0 saturated heterocycles. The molecule has 0 saturated carbocycles. The number of nitriles is 1. The summed E-state index contributed by atoms with van der Waals surface area (Å²) in [5, 5.41) is 13.6. The summed E-state index contributed by atoms with van der Waals surface area (Å²) in [6.07, 6.45) is -20.4. The summed E-state index contributed by atoms with van der Waals surface area (Å²) in [6.45, 7) is 3.54. The molecule has 7 aromatic carbocycles. The van der Waals surface area contributed by atoms with Gasteiger partial charge in [-0.05, 0) is 127 Å². The maximum atomic E-state index is 14.1. The maximum Gasteiger partial charge on any atom is 0.416 e. The number of pyridine rings is 1. The van der Waals surface area contributed by atoms with Gasteiger partial charge in [0.25, 0.3) is 0 Å². The van der Waals surface area contributed by atoms with Crippen molar-refractivity contribution in [1.29, 1.82) is 5.26 Å². The first-order valence-electron chi connectivity index (χ1n) is 21.2. The lowest BCUT2D eigenvalue weighted by Crippen LogP contribution is -2.11. The zero-order valence-electron chi connectivity index (χ0n) is 36.2. The van der Waals surface area contributed by atoms with E-state index in [1.54, 1.807) is 108 Å². The van der Waals surface area contributed by atoms with Gasteiger partial charge in [-0.1, -0.05) is 60.7 Å². The highest BCUT2D eigenvalue weighted by molar-refractivity contribution is 6.12. The molecule has 16 heteroatoms. The van der Waals surface area contributed by atoms with Gasteiger partial charge in [-0.3, -0.25) is 4.98 Å². The van der Waals surface area contributed by atoms with Crippen LogP contribution in [0.25, 0.3) is 88.4 Å². The fourth-order valence-electron chi connectivity index (χ4n) is 9.32. The molecule has 0 N–H and O–H groups in total. The predicted molar refractivity (Wildman–Crippen MR) is 243 cm³/mol. The molecule has 350 valence electrons. The Morgan fingerprint density at radius 1 is 0.386 bits per heavy atom. The minimum atomic E-state index is -5.11. The number of halogens is 12. The van der Waals surface area contributed by atoms with Crippen LogP contribution in [-0.4, -0.2) is 14.1 Å². The Bertz CT molecular complexity index is 3740. The van der Waals surface area contributed by atoms with Gasteiger partial charge in [0, 0.05) is 38.5 Å². The molecule has 4 nitrogen and oxygen atoms in total. The van der Waals surface area contributed by atoms with Crippen LogP contribution in [0.2, 0.25) is 0 Å². The normalized spacial score (nSPS) is 12.7. The molecule has 3 heterocycles. The van der Waals surface area contributed by atoms with Crippen molar-refractivity contribution in [3.05, 3.63) is 185 Å². The van der Waals surface area contributed by atoms with E-state index in [9.17, 15) is 57.9 Å². The van der Waals surface area contributed by atoms with E-state index in [0.717, 1.165) is 0 Å². The molecule has 0 fully saturated rings. The van der Waals surface area contributed by atoms with Gasteiger partial charge in [0.15, 0.2) is 0 Å². The van der Waals surface area contributed by atoms with Crippen molar-refractivity contribution in [3.8, 4) is 50.8 Å². The number of para-hydroxylation sites is 2. The Morgan fingerprint density at radius 2 is 0.771 bits per heavy atom. The van der Waals surface area contributed by atoms with Gasteiger partial charge in [0.05, 0.1) is 61.3 Å². The predicted octanol–water partition coefficient (Wildman–Crippen LogP) is 16.8. The summed E-state index contributed by atoms with van der Waals surface area (Å²) in [5.74, 6) is 0. The summed E-state index contributed by atoms with van der Waals surface area (Å²) in [4.78, 5) is 4.55. The maximum absolute atomic E-state index is 14.1. The third-order valence-corrected chi connectivity index (χ3v) is 12.3. The Balaban J connectivity index is 1.28. The van der Waals surface area contributed by atoms with Crippen LogP contribution in [0.4, 0.5) is 52.7 Å². The second kappa shape index (κ2) is 16.0. The highest BCUT2D eigenvalue weighted by Gasteiger charge is 2.39. The Labute approximate surface area is 388 Å². The molecule has 0 aliphatic rings. The van der Waals surface area contributed by atoms with Gasteiger partial charge in [0.2, 0.25) is 0 Å². The lowest BCUT2D eigenvalue weighted by atomic mass is 9.97. The molecule has 0 aliphatic carbocycles. The van der Waals surface area contributed by atoms with Gasteiger partial charge in [-0.2, -0.15) is 57.9 Å². The quantitative estimate of drug-likeness (QED) is 0.161. The Kier molecular flexibility index (Phi) is 10.5. The molecular weight excluding hydrogens is 933 g/mol. The van der Waals surface area contributed by atoms with Crippen LogP contribution in [0.5, 0.6) is 0 Å². The first-order valence-corrected chi connectivity index (χ1v) is 21.2. The molecule has 0 unspecified atom stereocenters. The number of benzene rings is 7. The summed E-state index contributed by atoms with van der Waals surface area (Å²) < 4.78 is 172. The molecule has 0 bridgehead atoms. The third kappa shape index (κ3) is 7.94. The van der Waals surface area contributed by atoms with Crippen molar-refractivity contribution in [2.24, 2.45) is 0 Å². The Hall–Kier alpha value is -8.06. The molecule has 0 amide bonds. The van der Waals surface area contributed by atoms with Crippen molar-refractivity contribution in [2.45, 2.75) is 38.6 Å². The van der Waals surface area contributed by atoms with Crippen molar-refractivity contribution >= 4 is 43.6 Å². The highest BCUT2D eigenvalue weighted by atomic mass is 19.4. The zero-order chi connectivity index (χ0) is 49.8. The van der Waals surface area contributed by atoms with Crippen LogP contribution in [0, 0.1) is 25.2 Å². The van der Waals surface area contributed by atoms with Crippen molar-refractivity contribution in [3.63, 3.8) is 0 Å². The van der Waals surface area contributed by atoms with Crippen LogP contribution in [0.15, 0.2) is 146 Å². The van der Waals surface area contributed by atoms with E-state index in [1.165, 1.54) is 24.3 Å². The van der Waals surface area contributed by atoms with Gasteiger partial charge in [-0.15, -0.1) is 0 Å². The largest absolute Gasteiger partial charge is 0.416 e. The number of fused-ring (bicyclic) bond motifs is 6. The van der Waals surface area contributed by atoms with Gasteiger partial charge >= 0.3 is 24.7 Å². The van der Waals surface area contributed by atoms with Crippen LogP contribution in [0.1, 0.15) is 39.2 Å². The zero-order valence-corrected chi connectivity index (χ0v) is 36.2. The molecule has 3 aromatic heterocycles. The van der Waals surface area contributed by atoms with Crippen LogP contribution >= 0.6 is 0 Å². The number of hydrogen-bond donors (Lipinski definition) is 0. The van der Waals surface area contributed by atoms with E-state index >= 15 is 0 Å². The van der Waals surface area contributed by atoms with E-state index in [0.29, 0.717) is 96.1 Å². The average Bonchev–Trinajstić information content (AvgIpc) is 3.81. The lowest BCUT2D eigenvalue weighted by Gasteiger charge is -2.20. The smallest absolute Gasteiger partial charge is 0.309 e. The monoisotopic (exact) mass is 962 g/mol. The number of nitrogens with zero attached hydrogens (tertiary/aromatic N) is 4. The number of aryl methyl sites for hydroxylation is 2. The van der Waals surface area contributed by atoms with Crippen LogP contribution in [0.3, 0.4) is 0 Å². The fourth-order valence-corrected chi connectivity index (χ4v) is 9.32. The standard InChI is InChI=1S/C54H30F12N4/c1-28-15-34(16-29(2)68-28)44-26-47(69-45-9-5-3-7-40(45)42-13-11-30(21-48(42)69)32-17-36(51(55,56)57)24-37(18-32)52(58,59)60)35(27-67)23-50(44)70-46-10-6-4-8-41(46)43-14-12-31(22-49(43)70)33-19-38(53(61,62)63)25-39(20-33)54(64,65)66/h3-26H,1-2H3. The SMILES string of the molecule is Cc1cc(-c2cc(-n3c4ccccc4c4ccc(-c5cc(C(F)(F)F)cc(C(F)(F)F)c5)cc43)c(C#N)cc2-n2c3ccccc3c3ccc(-c4cc(C(F)(F)F)cc(C(F)(F)F)c4)cc32)cc(C)n1. The van der Waals surface area contributed by atoms with E-state index in [2.05, 4.69) is 11.1 Å². The van der Waals surface area contributed by atoms with E-state index in [1.807, 2.05) is 0 Å². The molecule has 10 aromatic rings. The molecular formula is C54H30F12N4. The number of alkyl halides is 12. The Morgan fingerprint density at radius 3 is 1.17 bits per heavy atom. The van der Waals surface area contributed by atoms with Gasteiger partial charge in [-0.25, -0.2) is 0 Å². The first-order chi connectivity index (χ1) is 33.0. The van der Waals surface area contributed by atoms with Crippen molar-refractivity contribution in [1.82, 2.24) is 14.1 Å². The minimum Gasteiger partial charge on any atom is -0.309 e. The number of hydrogen-bond acceptors (Lipinski definition) is 2. The van der Waals surface area contributed by atoms with Gasteiger partial charge < -0.3 is 9.13 Å². The summed E-state index contributed by atoms with van der Waals surface area (Å²) in [6, 6.07) is 35.0. The fraction of sp³-hybridized carbons (Fsp3) is 0.111. The van der Waals surface area contributed by atoms with Gasteiger partial charge in [0.1, 0.15) is 6.07 Å². The topological polar surface area (TPSA) is 46.5 Å². The van der Waals surface area contributed by atoms with E-state index in [-0.39, 0.29) is 45.6 Å². The van der Waals surface area contributed by atoms with E-state index < -0.39 is 47.0 Å². The van der Waals surface area contributed by atoms with Crippen molar-refractivity contribution in [2.75, 3.05) is 0 Å². The van der Waals surface area contributed by atoms with Crippen molar-refractivity contribution < 1.29 is 52.7 Å². The summed E-state index contributed by atoms with van der Waals surface area (Å²) in [7, 11) is 0. The lowest BCUT2D eigenvalue weighted by molar-refractivity contribution is -0.144. The summed E-state index contributed by atoms with van der Waals surface area (Å²) in [5.41, 5.74) is -1.87. The minimum absolute atomic E-state index is 0.0214. The van der Waals surface area contributed by atoms with Crippen LogP contribution < -0.4 is 0 Å². The molecule has 10 rings (SSSR count). The molecule has 0 spiro atoms. The first kappa shape index (κ1) is 45.7. The van der Waals surface area contributed by atoms with Crippen LogP contribution in [-0.2, 0) is 24.7 Å². The molecule has 0 aliphatic heterocycles. The summed E-state index contributed by atoms with van der Waals surface area (Å²) >= 11 is 0. The average molecular weight is 963 g/mol. The highest BCUT2D eigenvalue weighted by Crippen LogP contribution is 2.45. The second-order valence-corrected chi connectivity index (χ2v) is 16.9. The number of aromatic nitrogens is 3. The van der Waals surface area contributed by atoms with E-state index in [4.69, 9.17) is 0 Å². The molecule has 0 atom stereocenters.